The number of rotatable bonds is 5. The van der Waals surface area contributed by atoms with E-state index < -0.39 is 0 Å². The molecular formula is C22H23N3O2. The highest BCUT2D eigenvalue weighted by Crippen LogP contribution is 2.25. The van der Waals surface area contributed by atoms with Crippen LogP contribution in [0.15, 0.2) is 54.7 Å². The van der Waals surface area contributed by atoms with E-state index in [9.17, 15) is 4.79 Å². The number of hydrogen-bond acceptors (Lipinski definition) is 3. The molecule has 0 saturated heterocycles. The van der Waals surface area contributed by atoms with E-state index in [0.29, 0.717) is 12.2 Å². The third kappa shape index (κ3) is 3.87. The highest BCUT2D eigenvalue weighted by atomic mass is 16.5. The molecule has 1 aromatic heterocycles. The Morgan fingerprint density at radius 1 is 1.19 bits per heavy atom. The lowest BCUT2D eigenvalue weighted by atomic mass is 10.1. The molecule has 1 aliphatic heterocycles. The molecule has 5 heteroatoms. The number of carbonyl (C=O) groups excluding carboxylic acids is 1. The first kappa shape index (κ1) is 17.3. The minimum atomic E-state index is -0.140. The van der Waals surface area contributed by atoms with E-state index in [4.69, 9.17) is 9.72 Å². The first-order chi connectivity index (χ1) is 13.2. The predicted molar refractivity (Wildman–Crippen MR) is 106 cm³/mol. The van der Waals surface area contributed by atoms with E-state index >= 15 is 0 Å². The normalized spacial score (nSPS) is 13.1. The van der Waals surface area contributed by atoms with E-state index in [1.165, 1.54) is 12.8 Å². The molecular weight excluding hydrogens is 338 g/mol. The number of imidazole rings is 1. The second kappa shape index (κ2) is 7.66. The molecule has 4 rings (SSSR count). The van der Waals surface area contributed by atoms with Crippen LogP contribution in [0.2, 0.25) is 0 Å². The van der Waals surface area contributed by atoms with Crippen LogP contribution < -0.4 is 10.1 Å². The Labute approximate surface area is 159 Å². The Hall–Kier alpha value is -3.08. The van der Waals surface area contributed by atoms with E-state index in [2.05, 4.69) is 16.1 Å². The second-order valence-corrected chi connectivity index (χ2v) is 6.69. The number of carbonyl (C=O) groups is 1. The van der Waals surface area contributed by atoms with Gasteiger partial charge < -0.3 is 14.6 Å². The van der Waals surface area contributed by atoms with Crippen molar-refractivity contribution in [2.24, 2.45) is 0 Å². The van der Waals surface area contributed by atoms with Crippen molar-refractivity contribution < 1.29 is 9.53 Å². The van der Waals surface area contributed by atoms with Crippen LogP contribution in [0.4, 0.5) is 5.69 Å². The van der Waals surface area contributed by atoms with Gasteiger partial charge in [-0.3, -0.25) is 4.79 Å². The molecule has 2 aromatic carbocycles. The Balaban J connectivity index is 1.50. The number of anilines is 1. The van der Waals surface area contributed by atoms with Crippen molar-refractivity contribution in [2.45, 2.75) is 32.7 Å². The SMILES string of the molecule is CCOc1ccc(C(=O)Nc2cccc(-c3cn4c(n3)CCCC4)c2)cc1. The summed E-state index contributed by atoms with van der Waals surface area (Å²) in [7, 11) is 0. The van der Waals surface area contributed by atoms with E-state index in [-0.39, 0.29) is 5.91 Å². The number of fused-ring (bicyclic) bond motifs is 1. The van der Waals surface area contributed by atoms with Crippen LogP contribution in [0.3, 0.4) is 0 Å². The van der Waals surface area contributed by atoms with Crippen molar-refractivity contribution in [1.29, 1.82) is 0 Å². The number of nitrogens with zero attached hydrogens (tertiary/aromatic N) is 2. The largest absolute Gasteiger partial charge is 0.494 e. The first-order valence-corrected chi connectivity index (χ1v) is 9.43. The van der Waals surface area contributed by atoms with Crippen LogP contribution in [0.5, 0.6) is 5.75 Å². The average Bonchev–Trinajstić information content (AvgIpc) is 3.13. The lowest BCUT2D eigenvalue weighted by Gasteiger charge is -2.11. The Bertz CT molecular complexity index is 921. The van der Waals surface area contributed by atoms with Crippen molar-refractivity contribution in [3.05, 3.63) is 66.1 Å². The van der Waals surface area contributed by atoms with Crippen LogP contribution in [0, 0.1) is 0 Å². The molecule has 1 N–H and O–H groups in total. The second-order valence-electron chi connectivity index (χ2n) is 6.69. The zero-order chi connectivity index (χ0) is 18.6. The Kier molecular flexibility index (Phi) is 4.92. The molecule has 0 atom stereocenters. The number of ether oxygens (including phenoxy) is 1. The summed E-state index contributed by atoms with van der Waals surface area (Å²) in [6, 6.07) is 15.0. The fraction of sp³-hybridized carbons (Fsp3) is 0.273. The van der Waals surface area contributed by atoms with Gasteiger partial charge in [0.15, 0.2) is 0 Å². The minimum absolute atomic E-state index is 0.140. The fourth-order valence-corrected chi connectivity index (χ4v) is 3.38. The molecule has 0 spiro atoms. The third-order valence-corrected chi connectivity index (χ3v) is 4.75. The standard InChI is InChI=1S/C22H23N3O2/c1-2-27-19-11-9-16(10-12-19)22(26)23-18-7-5-6-17(14-18)20-15-25-13-4-3-8-21(25)24-20/h5-7,9-12,14-15H,2-4,8,13H2,1H3,(H,23,26). The number of benzene rings is 2. The van der Waals surface area contributed by atoms with Gasteiger partial charge in [-0.15, -0.1) is 0 Å². The number of amides is 1. The maximum Gasteiger partial charge on any atom is 0.255 e. The number of nitrogens with one attached hydrogen (secondary N) is 1. The molecule has 138 valence electrons. The molecule has 0 bridgehead atoms. The summed E-state index contributed by atoms with van der Waals surface area (Å²) in [5, 5.41) is 2.97. The first-order valence-electron chi connectivity index (χ1n) is 9.43. The molecule has 5 nitrogen and oxygen atoms in total. The minimum Gasteiger partial charge on any atom is -0.494 e. The third-order valence-electron chi connectivity index (χ3n) is 4.75. The zero-order valence-corrected chi connectivity index (χ0v) is 15.4. The van der Waals surface area contributed by atoms with Gasteiger partial charge in [-0.2, -0.15) is 0 Å². The molecule has 3 aromatic rings. The van der Waals surface area contributed by atoms with Gasteiger partial charge in [0.2, 0.25) is 0 Å². The van der Waals surface area contributed by atoms with Crippen LogP contribution in [0.25, 0.3) is 11.3 Å². The zero-order valence-electron chi connectivity index (χ0n) is 15.4. The van der Waals surface area contributed by atoms with E-state index in [1.807, 2.05) is 43.3 Å². The highest BCUT2D eigenvalue weighted by molar-refractivity contribution is 6.04. The molecule has 0 unspecified atom stereocenters. The fourth-order valence-electron chi connectivity index (χ4n) is 3.38. The molecule has 1 aliphatic rings. The van der Waals surface area contributed by atoms with Crippen molar-refractivity contribution in [1.82, 2.24) is 9.55 Å². The van der Waals surface area contributed by atoms with Crippen molar-refractivity contribution in [3.63, 3.8) is 0 Å². The Morgan fingerprint density at radius 3 is 2.81 bits per heavy atom. The van der Waals surface area contributed by atoms with Gasteiger partial charge in [-0.25, -0.2) is 4.98 Å². The number of aromatic nitrogens is 2. The van der Waals surface area contributed by atoms with Gasteiger partial charge in [-0.1, -0.05) is 12.1 Å². The molecule has 1 amide bonds. The van der Waals surface area contributed by atoms with Crippen molar-refractivity contribution in [2.75, 3.05) is 11.9 Å². The van der Waals surface area contributed by atoms with Crippen LogP contribution in [-0.4, -0.2) is 22.1 Å². The topological polar surface area (TPSA) is 56.1 Å². The van der Waals surface area contributed by atoms with Gasteiger partial charge in [0.1, 0.15) is 11.6 Å². The van der Waals surface area contributed by atoms with Gasteiger partial charge >= 0.3 is 0 Å². The molecule has 0 saturated carbocycles. The smallest absolute Gasteiger partial charge is 0.255 e. The summed E-state index contributed by atoms with van der Waals surface area (Å²) >= 11 is 0. The predicted octanol–water partition coefficient (Wildman–Crippen LogP) is 4.54. The summed E-state index contributed by atoms with van der Waals surface area (Å²) in [6.07, 6.45) is 5.56. The van der Waals surface area contributed by atoms with E-state index in [1.54, 1.807) is 12.1 Å². The molecule has 0 radical (unpaired) electrons. The molecule has 2 heterocycles. The summed E-state index contributed by atoms with van der Waals surface area (Å²) in [5.41, 5.74) is 3.34. The maximum atomic E-state index is 12.5. The van der Waals surface area contributed by atoms with Gasteiger partial charge in [0.05, 0.1) is 12.3 Å². The van der Waals surface area contributed by atoms with Gasteiger partial charge in [0.25, 0.3) is 5.91 Å². The van der Waals surface area contributed by atoms with E-state index in [0.717, 1.165) is 41.5 Å². The summed E-state index contributed by atoms with van der Waals surface area (Å²) < 4.78 is 7.66. The van der Waals surface area contributed by atoms with Gasteiger partial charge in [0, 0.05) is 36.0 Å². The van der Waals surface area contributed by atoms with Crippen molar-refractivity contribution in [3.8, 4) is 17.0 Å². The van der Waals surface area contributed by atoms with Gasteiger partial charge in [-0.05, 0) is 56.2 Å². The van der Waals surface area contributed by atoms with Crippen LogP contribution in [0.1, 0.15) is 35.9 Å². The summed E-state index contributed by atoms with van der Waals surface area (Å²) in [5.74, 6) is 1.78. The molecule has 0 aliphatic carbocycles. The van der Waals surface area contributed by atoms with Crippen molar-refractivity contribution >= 4 is 11.6 Å². The number of hydrogen-bond donors (Lipinski definition) is 1. The monoisotopic (exact) mass is 361 g/mol. The number of aryl methyl sites for hydroxylation is 2. The Morgan fingerprint density at radius 2 is 2.04 bits per heavy atom. The summed E-state index contributed by atoms with van der Waals surface area (Å²) in [4.78, 5) is 17.3. The lowest BCUT2D eigenvalue weighted by molar-refractivity contribution is 0.102. The maximum absolute atomic E-state index is 12.5. The quantitative estimate of drug-likeness (QED) is 0.726. The highest BCUT2D eigenvalue weighted by Gasteiger charge is 2.14. The lowest BCUT2D eigenvalue weighted by Crippen LogP contribution is -2.11. The molecule has 27 heavy (non-hydrogen) atoms. The van der Waals surface area contributed by atoms with Crippen LogP contribution in [-0.2, 0) is 13.0 Å². The average molecular weight is 361 g/mol. The molecule has 0 fully saturated rings. The summed E-state index contributed by atoms with van der Waals surface area (Å²) in [6.45, 7) is 3.58. The van der Waals surface area contributed by atoms with Crippen LogP contribution >= 0.6 is 0 Å².